The van der Waals surface area contributed by atoms with Gasteiger partial charge in [-0.2, -0.15) is 26.3 Å². The SMILES string of the molecule is N=C(N)NCCCC[C@@H](C(=O)O)N(CC(F)(F)F)CC(F)(F)F. The van der Waals surface area contributed by atoms with Gasteiger partial charge in [0, 0.05) is 6.54 Å². The number of carboxylic acids is 1. The molecule has 6 nitrogen and oxygen atoms in total. The number of alkyl halides is 6. The normalized spacial score (nSPS) is 13.9. The Hall–Kier alpha value is -1.72. The summed E-state index contributed by atoms with van der Waals surface area (Å²) in [5, 5.41) is 18.2. The van der Waals surface area contributed by atoms with Crippen LogP contribution in [0.15, 0.2) is 0 Å². The predicted octanol–water partition coefficient (Wildman–Crippen LogP) is 1.52. The Balaban J connectivity index is 4.79. The van der Waals surface area contributed by atoms with E-state index in [0.29, 0.717) is 0 Å². The van der Waals surface area contributed by atoms with E-state index in [2.05, 4.69) is 5.32 Å². The summed E-state index contributed by atoms with van der Waals surface area (Å²) in [5.41, 5.74) is 4.99. The van der Waals surface area contributed by atoms with Crippen LogP contribution < -0.4 is 11.1 Å². The number of nitrogens with zero attached hydrogens (tertiary/aromatic N) is 1. The van der Waals surface area contributed by atoms with E-state index in [4.69, 9.17) is 16.2 Å². The number of unbranched alkanes of at least 4 members (excludes halogenated alkanes) is 1. The lowest BCUT2D eigenvalue weighted by Crippen LogP contribution is -2.49. The van der Waals surface area contributed by atoms with Gasteiger partial charge in [0.2, 0.25) is 0 Å². The van der Waals surface area contributed by atoms with E-state index in [9.17, 15) is 31.1 Å². The van der Waals surface area contributed by atoms with Gasteiger partial charge >= 0.3 is 18.3 Å². The highest BCUT2D eigenvalue weighted by molar-refractivity contribution is 5.74. The molecule has 0 radical (unpaired) electrons. The molecule has 12 heteroatoms. The molecule has 0 bridgehead atoms. The Kier molecular flexibility index (Phi) is 8.14. The highest BCUT2D eigenvalue weighted by Gasteiger charge is 2.42. The lowest BCUT2D eigenvalue weighted by atomic mass is 10.1. The fourth-order valence-electron chi connectivity index (χ4n) is 1.88. The molecular formula is C11H18F6N4O2. The molecule has 0 heterocycles. The van der Waals surface area contributed by atoms with Crippen molar-refractivity contribution < 1.29 is 36.2 Å². The average Bonchev–Trinajstić information content (AvgIpc) is 2.28. The molecule has 1 atom stereocenters. The number of carbonyl (C=O) groups is 1. The van der Waals surface area contributed by atoms with Crippen molar-refractivity contribution in [3.8, 4) is 0 Å². The summed E-state index contributed by atoms with van der Waals surface area (Å²) in [4.78, 5) is 10.9. The van der Waals surface area contributed by atoms with E-state index in [1.54, 1.807) is 0 Å². The summed E-state index contributed by atoms with van der Waals surface area (Å²) in [7, 11) is 0. The third-order valence-corrected chi connectivity index (χ3v) is 2.71. The first-order valence-electron chi connectivity index (χ1n) is 6.50. The number of guanidine groups is 1. The van der Waals surface area contributed by atoms with Gasteiger partial charge in [0.25, 0.3) is 0 Å². The molecule has 0 aromatic heterocycles. The maximum Gasteiger partial charge on any atom is 0.401 e. The maximum atomic E-state index is 12.4. The molecule has 0 aliphatic heterocycles. The second-order valence-electron chi connectivity index (χ2n) is 4.83. The van der Waals surface area contributed by atoms with Crippen LogP contribution in [0.25, 0.3) is 0 Å². The molecule has 0 aliphatic rings. The van der Waals surface area contributed by atoms with Gasteiger partial charge in [-0.25, -0.2) is 0 Å². The van der Waals surface area contributed by atoms with E-state index in [1.807, 2.05) is 0 Å². The fourth-order valence-corrected chi connectivity index (χ4v) is 1.88. The van der Waals surface area contributed by atoms with Crippen LogP contribution in [0, 0.1) is 5.41 Å². The fraction of sp³-hybridized carbons (Fsp3) is 0.818. The number of halogens is 6. The Morgan fingerprint density at radius 1 is 1.13 bits per heavy atom. The first-order valence-corrected chi connectivity index (χ1v) is 6.50. The molecule has 0 amide bonds. The summed E-state index contributed by atoms with van der Waals surface area (Å²) >= 11 is 0. The van der Waals surface area contributed by atoms with Crippen molar-refractivity contribution in [1.29, 1.82) is 5.41 Å². The molecule has 0 fully saturated rings. The minimum Gasteiger partial charge on any atom is -0.480 e. The van der Waals surface area contributed by atoms with Gasteiger partial charge in [-0.15, -0.1) is 0 Å². The van der Waals surface area contributed by atoms with Crippen LogP contribution in [-0.4, -0.2) is 60.0 Å². The Morgan fingerprint density at radius 3 is 1.96 bits per heavy atom. The number of nitrogens with two attached hydrogens (primary N) is 1. The van der Waals surface area contributed by atoms with E-state index in [-0.39, 0.29) is 36.7 Å². The Bertz CT molecular complexity index is 383. The number of rotatable bonds is 9. The van der Waals surface area contributed by atoms with Crippen LogP contribution in [0.1, 0.15) is 19.3 Å². The second-order valence-corrected chi connectivity index (χ2v) is 4.83. The van der Waals surface area contributed by atoms with Crippen LogP contribution >= 0.6 is 0 Å². The molecule has 0 unspecified atom stereocenters. The molecule has 0 saturated heterocycles. The summed E-state index contributed by atoms with van der Waals surface area (Å²) in [5.74, 6) is -2.09. The van der Waals surface area contributed by atoms with Gasteiger partial charge in [0.05, 0.1) is 13.1 Å². The molecule has 5 N–H and O–H groups in total. The van der Waals surface area contributed by atoms with Crippen molar-refractivity contribution in [1.82, 2.24) is 10.2 Å². The summed E-state index contributed by atoms with van der Waals surface area (Å²) in [6, 6.07) is -1.91. The zero-order chi connectivity index (χ0) is 18.3. The van der Waals surface area contributed by atoms with Crippen LogP contribution in [0.5, 0.6) is 0 Å². The van der Waals surface area contributed by atoms with Crippen molar-refractivity contribution in [3.63, 3.8) is 0 Å². The van der Waals surface area contributed by atoms with Gasteiger partial charge in [-0.3, -0.25) is 15.1 Å². The molecule has 23 heavy (non-hydrogen) atoms. The number of nitrogens with one attached hydrogen (secondary N) is 2. The number of carboxylic acid groups (broad SMARTS) is 1. The number of aliphatic carboxylic acids is 1. The van der Waals surface area contributed by atoms with E-state index < -0.39 is 37.5 Å². The lowest BCUT2D eigenvalue weighted by molar-refractivity contribution is -0.191. The first-order chi connectivity index (χ1) is 10.3. The summed E-state index contributed by atoms with van der Waals surface area (Å²) < 4.78 is 74.3. The largest absolute Gasteiger partial charge is 0.480 e. The third kappa shape index (κ3) is 11.5. The number of hydrogen-bond donors (Lipinski definition) is 4. The third-order valence-electron chi connectivity index (χ3n) is 2.71. The molecule has 136 valence electrons. The van der Waals surface area contributed by atoms with Crippen LogP contribution in [0.4, 0.5) is 26.3 Å². The van der Waals surface area contributed by atoms with Gasteiger partial charge in [0.15, 0.2) is 5.96 Å². The van der Waals surface area contributed by atoms with Crippen LogP contribution in [-0.2, 0) is 4.79 Å². The van der Waals surface area contributed by atoms with Crippen molar-refractivity contribution in [2.75, 3.05) is 19.6 Å². The zero-order valence-electron chi connectivity index (χ0n) is 12.0. The quantitative estimate of drug-likeness (QED) is 0.218. The molecule has 0 rings (SSSR count). The average molecular weight is 352 g/mol. The molecule has 0 saturated carbocycles. The molecule has 0 aromatic carbocycles. The smallest absolute Gasteiger partial charge is 0.401 e. The van der Waals surface area contributed by atoms with Gasteiger partial charge in [0.1, 0.15) is 6.04 Å². The lowest BCUT2D eigenvalue weighted by Gasteiger charge is -2.30. The molecular weight excluding hydrogens is 334 g/mol. The minimum absolute atomic E-state index is 0.0590. The summed E-state index contributed by atoms with van der Waals surface area (Å²) in [6.07, 6.45) is -9.98. The van der Waals surface area contributed by atoms with Gasteiger partial charge in [-0.1, -0.05) is 0 Å². The maximum absolute atomic E-state index is 12.4. The van der Waals surface area contributed by atoms with Gasteiger partial charge in [-0.05, 0) is 19.3 Å². The molecule has 0 spiro atoms. The Morgan fingerprint density at radius 2 is 1.61 bits per heavy atom. The second kappa shape index (κ2) is 8.79. The predicted molar refractivity (Wildman–Crippen MR) is 68.9 cm³/mol. The zero-order valence-corrected chi connectivity index (χ0v) is 12.0. The first kappa shape index (κ1) is 21.3. The van der Waals surface area contributed by atoms with Crippen LogP contribution in [0.2, 0.25) is 0 Å². The number of hydrogen-bond acceptors (Lipinski definition) is 3. The van der Waals surface area contributed by atoms with Crippen molar-refractivity contribution in [2.24, 2.45) is 5.73 Å². The molecule has 0 aliphatic carbocycles. The molecule has 0 aromatic rings. The topological polar surface area (TPSA) is 102 Å². The Labute approximate surface area is 128 Å². The highest BCUT2D eigenvalue weighted by atomic mass is 19.4. The van der Waals surface area contributed by atoms with Crippen molar-refractivity contribution >= 4 is 11.9 Å². The van der Waals surface area contributed by atoms with E-state index >= 15 is 0 Å². The summed E-state index contributed by atoms with van der Waals surface area (Å²) in [6.45, 7) is -3.76. The van der Waals surface area contributed by atoms with Gasteiger partial charge < -0.3 is 16.2 Å². The monoisotopic (exact) mass is 352 g/mol. The van der Waals surface area contributed by atoms with Crippen LogP contribution in [0.3, 0.4) is 0 Å². The minimum atomic E-state index is -4.95. The van der Waals surface area contributed by atoms with Crippen molar-refractivity contribution in [3.05, 3.63) is 0 Å². The van der Waals surface area contributed by atoms with Crippen molar-refractivity contribution in [2.45, 2.75) is 37.7 Å². The van der Waals surface area contributed by atoms with E-state index in [1.165, 1.54) is 0 Å². The van der Waals surface area contributed by atoms with E-state index in [0.717, 1.165) is 0 Å². The standard InChI is InChI=1S/C11H18F6N4O2/c12-10(13,14)5-21(6-11(15,16)17)7(8(22)23)3-1-2-4-20-9(18)19/h7H,1-6H2,(H,22,23)(H4,18,19,20)/t7-/m0/s1. The highest BCUT2D eigenvalue weighted by Crippen LogP contribution is 2.25.